The molecule has 0 bridgehead atoms. The Morgan fingerprint density at radius 2 is 1.82 bits per heavy atom. The lowest BCUT2D eigenvalue weighted by atomic mass is 9.87. The van der Waals surface area contributed by atoms with Crippen molar-refractivity contribution in [2.75, 3.05) is 6.61 Å². The zero-order chi connectivity index (χ0) is 12.6. The molecule has 3 unspecified atom stereocenters. The van der Waals surface area contributed by atoms with Gasteiger partial charge in [0.2, 0.25) is 0 Å². The number of hydrogen-bond acceptors (Lipinski definition) is 2. The van der Waals surface area contributed by atoms with Crippen molar-refractivity contribution in [2.24, 2.45) is 11.7 Å². The van der Waals surface area contributed by atoms with Gasteiger partial charge in [-0.25, -0.2) is 0 Å². The highest BCUT2D eigenvalue weighted by Crippen LogP contribution is 2.33. The van der Waals surface area contributed by atoms with Gasteiger partial charge < -0.3 is 10.5 Å². The minimum atomic E-state index is 0.00750. The molecular formula is C15H23NO. The van der Waals surface area contributed by atoms with Gasteiger partial charge in [0.05, 0.1) is 12.1 Å². The highest BCUT2D eigenvalue weighted by Gasteiger charge is 2.32. The van der Waals surface area contributed by atoms with Crippen LogP contribution >= 0.6 is 0 Å². The molecule has 94 valence electrons. The van der Waals surface area contributed by atoms with Gasteiger partial charge in [-0.1, -0.05) is 24.6 Å². The van der Waals surface area contributed by atoms with Crippen LogP contribution in [-0.4, -0.2) is 12.7 Å². The Balaban J connectivity index is 2.33. The van der Waals surface area contributed by atoms with Crippen molar-refractivity contribution in [1.82, 2.24) is 0 Å². The third kappa shape index (κ3) is 2.38. The molecule has 2 rings (SSSR count). The fourth-order valence-electron chi connectivity index (χ4n) is 3.06. The summed E-state index contributed by atoms with van der Waals surface area (Å²) in [5.74, 6) is 0.560. The summed E-state index contributed by atoms with van der Waals surface area (Å²) in [5.41, 5.74) is 11.6. The average molecular weight is 233 g/mol. The smallest absolute Gasteiger partial charge is 0.0794 e. The quantitative estimate of drug-likeness (QED) is 0.852. The van der Waals surface area contributed by atoms with Crippen molar-refractivity contribution in [3.05, 3.63) is 34.4 Å². The standard InChI is InChI=1S/C15H23NO/c1-9-7-11(3)13(12(4)8-9)14(16)15-10(2)5-6-17-15/h7-8,10,14-15H,5-6,16H2,1-4H3. The van der Waals surface area contributed by atoms with E-state index in [1.54, 1.807) is 0 Å². The molecule has 0 aliphatic carbocycles. The Hall–Kier alpha value is -0.860. The van der Waals surface area contributed by atoms with Crippen molar-refractivity contribution in [2.45, 2.75) is 46.3 Å². The summed E-state index contributed by atoms with van der Waals surface area (Å²) in [6.07, 6.45) is 1.30. The van der Waals surface area contributed by atoms with Crippen LogP contribution in [0, 0.1) is 26.7 Å². The van der Waals surface area contributed by atoms with E-state index in [9.17, 15) is 0 Å². The van der Waals surface area contributed by atoms with Crippen molar-refractivity contribution in [1.29, 1.82) is 0 Å². The van der Waals surface area contributed by atoms with Crippen molar-refractivity contribution < 1.29 is 4.74 Å². The molecular weight excluding hydrogens is 210 g/mol. The van der Waals surface area contributed by atoms with Gasteiger partial charge in [0.15, 0.2) is 0 Å². The summed E-state index contributed by atoms with van der Waals surface area (Å²) in [6, 6.07) is 4.43. The first-order valence-corrected chi connectivity index (χ1v) is 6.45. The van der Waals surface area contributed by atoms with Crippen LogP contribution in [0.5, 0.6) is 0 Å². The summed E-state index contributed by atoms with van der Waals surface area (Å²) in [6.45, 7) is 9.51. The third-order valence-corrected chi connectivity index (χ3v) is 3.87. The number of aryl methyl sites for hydroxylation is 3. The summed E-state index contributed by atoms with van der Waals surface area (Å²) in [7, 11) is 0. The molecule has 3 atom stereocenters. The Labute approximate surface area is 104 Å². The molecule has 1 aromatic rings. The summed E-state index contributed by atoms with van der Waals surface area (Å²) in [4.78, 5) is 0. The molecule has 2 N–H and O–H groups in total. The largest absolute Gasteiger partial charge is 0.376 e. The van der Waals surface area contributed by atoms with Crippen LogP contribution in [0.15, 0.2) is 12.1 Å². The number of benzene rings is 1. The fraction of sp³-hybridized carbons (Fsp3) is 0.600. The van der Waals surface area contributed by atoms with E-state index in [1.807, 2.05) is 0 Å². The van der Waals surface area contributed by atoms with Crippen molar-refractivity contribution >= 4 is 0 Å². The fourth-order valence-corrected chi connectivity index (χ4v) is 3.06. The van der Waals surface area contributed by atoms with Crippen LogP contribution < -0.4 is 5.73 Å². The third-order valence-electron chi connectivity index (χ3n) is 3.87. The van der Waals surface area contributed by atoms with E-state index in [-0.39, 0.29) is 12.1 Å². The first kappa shape index (κ1) is 12.6. The van der Waals surface area contributed by atoms with Crippen molar-refractivity contribution in [3.8, 4) is 0 Å². The first-order valence-electron chi connectivity index (χ1n) is 6.45. The number of rotatable bonds is 2. The summed E-state index contributed by atoms with van der Waals surface area (Å²) in [5, 5.41) is 0. The highest BCUT2D eigenvalue weighted by molar-refractivity contribution is 5.40. The number of ether oxygens (including phenoxy) is 1. The van der Waals surface area contributed by atoms with E-state index < -0.39 is 0 Å². The zero-order valence-electron chi connectivity index (χ0n) is 11.3. The lowest BCUT2D eigenvalue weighted by Crippen LogP contribution is -2.31. The lowest BCUT2D eigenvalue weighted by Gasteiger charge is -2.26. The van der Waals surface area contributed by atoms with Gasteiger partial charge in [-0.15, -0.1) is 0 Å². The van der Waals surface area contributed by atoms with E-state index in [1.165, 1.54) is 22.3 Å². The minimum absolute atomic E-state index is 0.00750. The first-order chi connectivity index (χ1) is 8.00. The van der Waals surface area contributed by atoms with Gasteiger partial charge in [-0.05, 0) is 49.8 Å². The Bertz CT molecular complexity index is 390. The zero-order valence-corrected chi connectivity index (χ0v) is 11.3. The second-order valence-corrected chi connectivity index (χ2v) is 5.44. The Morgan fingerprint density at radius 3 is 2.29 bits per heavy atom. The molecule has 1 heterocycles. The van der Waals surface area contributed by atoms with Crippen LogP contribution in [0.1, 0.15) is 41.6 Å². The molecule has 2 heteroatoms. The second kappa shape index (κ2) is 4.79. The molecule has 1 saturated heterocycles. The van der Waals surface area contributed by atoms with Crippen LogP contribution in [0.3, 0.4) is 0 Å². The van der Waals surface area contributed by atoms with E-state index in [0.29, 0.717) is 5.92 Å². The number of nitrogens with two attached hydrogens (primary N) is 1. The molecule has 0 radical (unpaired) electrons. The lowest BCUT2D eigenvalue weighted by molar-refractivity contribution is 0.0721. The molecule has 0 saturated carbocycles. The maximum absolute atomic E-state index is 6.42. The predicted octanol–water partition coefficient (Wildman–Crippen LogP) is 3.04. The number of hydrogen-bond donors (Lipinski definition) is 1. The molecule has 1 aromatic carbocycles. The predicted molar refractivity (Wildman–Crippen MR) is 71.1 cm³/mol. The van der Waals surface area contributed by atoms with Gasteiger partial charge in [0.1, 0.15) is 0 Å². The maximum atomic E-state index is 6.42. The molecule has 2 nitrogen and oxygen atoms in total. The summed E-state index contributed by atoms with van der Waals surface area (Å²) >= 11 is 0. The van der Waals surface area contributed by atoms with Crippen LogP contribution in [0.4, 0.5) is 0 Å². The molecule has 0 amide bonds. The topological polar surface area (TPSA) is 35.2 Å². The van der Waals surface area contributed by atoms with Gasteiger partial charge in [0, 0.05) is 6.61 Å². The van der Waals surface area contributed by atoms with Crippen LogP contribution in [-0.2, 0) is 4.74 Å². The molecule has 1 aliphatic rings. The van der Waals surface area contributed by atoms with Crippen LogP contribution in [0.25, 0.3) is 0 Å². The molecule has 0 spiro atoms. The monoisotopic (exact) mass is 233 g/mol. The normalized spacial score (nSPS) is 26.2. The van der Waals surface area contributed by atoms with Crippen LogP contribution in [0.2, 0.25) is 0 Å². The van der Waals surface area contributed by atoms with E-state index >= 15 is 0 Å². The Morgan fingerprint density at radius 1 is 1.24 bits per heavy atom. The van der Waals surface area contributed by atoms with Crippen molar-refractivity contribution in [3.63, 3.8) is 0 Å². The molecule has 17 heavy (non-hydrogen) atoms. The van der Waals surface area contributed by atoms with E-state index in [2.05, 4.69) is 39.8 Å². The molecule has 0 aromatic heterocycles. The molecule has 1 aliphatic heterocycles. The average Bonchev–Trinajstić information content (AvgIpc) is 2.62. The minimum Gasteiger partial charge on any atom is -0.376 e. The molecule has 1 fully saturated rings. The van der Waals surface area contributed by atoms with Gasteiger partial charge in [-0.2, -0.15) is 0 Å². The van der Waals surface area contributed by atoms with E-state index in [4.69, 9.17) is 10.5 Å². The maximum Gasteiger partial charge on any atom is 0.0794 e. The van der Waals surface area contributed by atoms with Gasteiger partial charge in [-0.3, -0.25) is 0 Å². The Kier molecular flexibility index (Phi) is 3.55. The SMILES string of the molecule is Cc1cc(C)c(C(N)C2OCCC2C)c(C)c1. The summed E-state index contributed by atoms with van der Waals surface area (Å²) < 4.78 is 5.80. The van der Waals surface area contributed by atoms with E-state index in [0.717, 1.165) is 13.0 Å². The second-order valence-electron chi connectivity index (χ2n) is 5.44. The van der Waals surface area contributed by atoms with Gasteiger partial charge in [0.25, 0.3) is 0 Å². The van der Waals surface area contributed by atoms with Gasteiger partial charge >= 0.3 is 0 Å². The highest BCUT2D eigenvalue weighted by atomic mass is 16.5.